The number of rotatable bonds is 3. The van der Waals surface area contributed by atoms with Crippen LogP contribution in [0.1, 0.15) is 24.4 Å². The molecule has 0 radical (unpaired) electrons. The Balaban J connectivity index is 2.26. The quantitative estimate of drug-likeness (QED) is 0.822. The Labute approximate surface area is 101 Å². The number of nitrogens with one attached hydrogen (secondary N) is 1. The third-order valence-electron chi connectivity index (χ3n) is 2.97. The number of hydrazine groups is 1. The number of pyridine rings is 1. The van der Waals surface area contributed by atoms with Crippen LogP contribution in [0, 0.1) is 0 Å². The number of hydrogen-bond acceptors (Lipinski definition) is 4. The lowest BCUT2D eigenvalue weighted by Crippen LogP contribution is -2.34. The van der Waals surface area contributed by atoms with Gasteiger partial charge in [-0.1, -0.05) is 11.6 Å². The second-order valence-electron chi connectivity index (χ2n) is 3.84. The third kappa shape index (κ3) is 2.14. The lowest BCUT2D eigenvalue weighted by molar-refractivity contribution is 0.190. The van der Waals surface area contributed by atoms with E-state index in [0.29, 0.717) is 16.9 Å². The van der Waals surface area contributed by atoms with Crippen LogP contribution >= 0.6 is 11.6 Å². The standard InChI is InChI=1S/C11H16ClN3O/c1-13-15-5-3-4-9(15)8-6-10(16-2)11(12)14-7-8/h6-7,9,13H,3-5H2,1-2H3. The summed E-state index contributed by atoms with van der Waals surface area (Å²) in [6.45, 7) is 1.06. The van der Waals surface area contributed by atoms with E-state index in [-0.39, 0.29) is 0 Å². The van der Waals surface area contributed by atoms with Gasteiger partial charge in [-0.3, -0.25) is 5.43 Å². The Kier molecular flexibility index (Phi) is 3.63. The van der Waals surface area contributed by atoms with Crippen LogP contribution in [-0.2, 0) is 0 Å². The van der Waals surface area contributed by atoms with Gasteiger partial charge in [0.2, 0.25) is 0 Å². The average Bonchev–Trinajstić information content (AvgIpc) is 2.78. The van der Waals surface area contributed by atoms with E-state index < -0.39 is 0 Å². The maximum Gasteiger partial charge on any atom is 0.171 e. The van der Waals surface area contributed by atoms with Crippen LogP contribution in [0.3, 0.4) is 0 Å². The summed E-state index contributed by atoms with van der Waals surface area (Å²) in [5.41, 5.74) is 4.34. The highest BCUT2D eigenvalue weighted by atomic mass is 35.5. The number of halogens is 1. The minimum Gasteiger partial charge on any atom is -0.494 e. The van der Waals surface area contributed by atoms with Crippen LogP contribution in [0.2, 0.25) is 5.15 Å². The third-order valence-corrected chi connectivity index (χ3v) is 3.26. The maximum atomic E-state index is 5.91. The van der Waals surface area contributed by atoms with Crippen molar-refractivity contribution >= 4 is 11.6 Å². The van der Waals surface area contributed by atoms with E-state index in [4.69, 9.17) is 16.3 Å². The molecule has 1 atom stereocenters. The molecule has 16 heavy (non-hydrogen) atoms. The Bertz CT molecular complexity index is 372. The largest absolute Gasteiger partial charge is 0.494 e. The van der Waals surface area contributed by atoms with Gasteiger partial charge in [-0.2, -0.15) is 0 Å². The van der Waals surface area contributed by atoms with Crippen molar-refractivity contribution in [2.75, 3.05) is 20.7 Å². The fraction of sp³-hybridized carbons (Fsp3) is 0.545. The zero-order valence-corrected chi connectivity index (χ0v) is 10.3. The Morgan fingerprint density at radius 2 is 2.44 bits per heavy atom. The van der Waals surface area contributed by atoms with Crippen molar-refractivity contribution in [3.8, 4) is 5.75 Å². The molecule has 2 heterocycles. The van der Waals surface area contributed by atoms with Crippen molar-refractivity contribution in [2.24, 2.45) is 0 Å². The molecular weight excluding hydrogens is 226 g/mol. The molecule has 1 aliphatic heterocycles. The van der Waals surface area contributed by atoms with Gasteiger partial charge < -0.3 is 4.74 Å². The molecule has 1 aliphatic rings. The fourth-order valence-electron chi connectivity index (χ4n) is 2.15. The minimum absolute atomic E-state index is 0.365. The lowest BCUT2D eigenvalue weighted by Gasteiger charge is -2.23. The predicted octanol–water partition coefficient (Wildman–Crippen LogP) is 2.01. The molecule has 1 saturated heterocycles. The molecule has 5 heteroatoms. The molecule has 0 aromatic carbocycles. The van der Waals surface area contributed by atoms with Gasteiger partial charge in [0.05, 0.1) is 13.2 Å². The van der Waals surface area contributed by atoms with E-state index in [1.807, 2.05) is 19.3 Å². The molecular formula is C11H16ClN3O. The van der Waals surface area contributed by atoms with Gasteiger partial charge >= 0.3 is 0 Å². The zero-order valence-electron chi connectivity index (χ0n) is 9.53. The predicted molar refractivity (Wildman–Crippen MR) is 63.5 cm³/mol. The molecule has 4 nitrogen and oxygen atoms in total. The Morgan fingerprint density at radius 1 is 1.62 bits per heavy atom. The summed E-state index contributed by atoms with van der Waals surface area (Å²) in [4.78, 5) is 4.15. The van der Waals surface area contributed by atoms with Gasteiger partial charge in [0.1, 0.15) is 0 Å². The SMILES string of the molecule is CNN1CCCC1c1cnc(Cl)c(OC)c1. The van der Waals surface area contributed by atoms with Gasteiger partial charge in [0, 0.05) is 12.7 Å². The van der Waals surface area contributed by atoms with E-state index in [1.165, 1.54) is 6.42 Å². The summed E-state index contributed by atoms with van der Waals surface area (Å²) in [7, 11) is 3.55. The highest BCUT2D eigenvalue weighted by Gasteiger charge is 2.25. The summed E-state index contributed by atoms with van der Waals surface area (Å²) in [5, 5.41) is 2.63. The van der Waals surface area contributed by atoms with E-state index in [9.17, 15) is 0 Å². The van der Waals surface area contributed by atoms with E-state index in [1.54, 1.807) is 7.11 Å². The molecule has 0 aliphatic carbocycles. The molecule has 0 amide bonds. The average molecular weight is 242 g/mol. The summed E-state index contributed by atoms with van der Waals surface area (Å²) in [5.74, 6) is 0.641. The molecule has 1 aromatic rings. The van der Waals surface area contributed by atoms with Gasteiger partial charge in [-0.25, -0.2) is 9.99 Å². The summed E-state index contributed by atoms with van der Waals surface area (Å²) < 4.78 is 5.18. The number of ether oxygens (including phenoxy) is 1. The summed E-state index contributed by atoms with van der Waals surface area (Å²) in [6.07, 6.45) is 4.15. The number of hydrogen-bond donors (Lipinski definition) is 1. The zero-order chi connectivity index (χ0) is 11.5. The van der Waals surface area contributed by atoms with Crippen molar-refractivity contribution in [1.82, 2.24) is 15.4 Å². The molecule has 0 spiro atoms. The highest BCUT2D eigenvalue weighted by Crippen LogP contribution is 2.33. The Hall–Kier alpha value is -0.840. The fourth-order valence-corrected chi connectivity index (χ4v) is 2.33. The summed E-state index contributed by atoms with van der Waals surface area (Å²) >= 11 is 5.91. The van der Waals surface area contributed by atoms with Crippen molar-refractivity contribution in [1.29, 1.82) is 0 Å². The van der Waals surface area contributed by atoms with Crippen molar-refractivity contribution in [2.45, 2.75) is 18.9 Å². The molecule has 2 rings (SSSR count). The first-order chi connectivity index (χ1) is 7.76. The van der Waals surface area contributed by atoms with Crippen molar-refractivity contribution in [3.63, 3.8) is 0 Å². The van der Waals surface area contributed by atoms with Gasteiger partial charge in [-0.15, -0.1) is 0 Å². The smallest absolute Gasteiger partial charge is 0.171 e. The number of aromatic nitrogens is 1. The molecule has 0 bridgehead atoms. The van der Waals surface area contributed by atoms with Gasteiger partial charge in [-0.05, 0) is 31.5 Å². The van der Waals surface area contributed by atoms with Crippen LogP contribution in [0.5, 0.6) is 5.75 Å². The van der Waals surface area contributed by atoms with E-state index >= 15 is 0 Å². The van der Waals surface area contributed by atoms with Crippen LogP contribution in [0.15, 0.2) is 12.3 Å². The second kappa shape index (κ2) is 4.99. The van der Waals surface area contributed by atoms with Gasteiger partial charge in [0.25, 0.3) is 0 Å². The van der Waals surface area contributed by atoms with Crippen molar-refractivity contribution in [3.05, 3.63) is 23.0 Å². The molecule has 1 fully saturated rings. The Morgan fingerprint density at radius 3 is 3.12 bits per heavy atom. The molecule has 0 saturated carbocycles. The number of methoxy groups -OCH3 is 1. The lowest BCUT2D eigenvalue weighted by atomic mass is 10.1. The highest BCUT2D eigenvalue weighted by molar-refractivity contribution is 6.30. The first kappa shape index (κ1) is 11.6. The van der Waals surface area contributed by atoms with E-state index in [2.05, 4.69) is 15.4 Å². The maximum absolute atomic E-state index is 5.91. The molecule has 88 valence electrons. The van der Waals surface area contributed by atoms with Crippen LogP contribution in [0.25, 0.3) is 0 Å². The van der Waals surface area contributed by atoms with Gasteiger partial charge in [0.15, 0.2) is 10.9 Å². The normalized spacial score (nSPS) is 21.3. The molecule has 1 N–H and O–H groups in total. The minimum atomic E-state index is 0.365. The van der Waals surface area contributed by atoms with Crippen LogP contribution in [-0.4, -0.2) is 30.7 Å². The first-order valence-corrected chi connectivity index (χ1v) is 5.77. The molecule has 1 unspecified atom stereocenters. The van der Waals surface area contributed by atoms with Crippen LogP contribution < -0.4 is 10.2 Å². The van der Waals surface area contributed by atoms with E-state index in [0.717, 1.165) is 18.5 Å². The van der Waals surface area contributed by atoms with Crippen LogP contribution in [0.4, 0.5) is 0 Å². The second-order valence-corrected chi connectivity index (χ2v) is 4.19. The topological polar surface area (TPSA) is 37.4 Å². The number of nitrogens with zero attached hydrogens (tertiary/aromatic N) is 2. The summed E-state index contributed by atoms with van der Waals surface area (Å²) in [6, 6.07) is 2.33. The molecule has 1 aromatic heterocycles. The monoisotopic (exact) mass is 241 g/mol. The first-order valence-electron chi connectivity index (χ1n) is 5.39. The van der Waals surface area contributed by atoms with Crippen molar-refractivity contribution < 1.29 is 4.74 Å².